The lowest BCUT2D eigenvalue weighted by atomic mass is 9.96. The van der Waals surface area contributed by atoms with E-state index in [9.17, 15) is 19.7 Å². The molecule has 0 aromatic heterocycles. The molecule has 0 bridgehead atoms. The number of hydrogen-bond acceptors (Lipinski definition) is 5. The fraction of sp³-hybridized carbons (Fsp3) is 0.0909. The minimum Gasteiger partial charge on any atom is -0.285 e. The number of rotatable bonds is 6. The van der Waals surface area contributed by atoms with Gasteiger partial charge in [0.1, 0.15) is 0 Å². The van der Waals surface area contributed by atoms with E-state index in [0.717, 1.165) is 20.9 Å². The average molecular weight is 391 g/mol. The molecule has 0 radical (unpaired) electrons. The molecule has 0 aliphatic rings. The highest BCUT2D eigenvalue weighted by atomic mass is 32.2. The van der Waals surface area contributed by atoms with Crippen LogP contribution in [0.5, 0.6) is 0 Å². The molecule has 3 aromatic rings. The van der Waals surface area contributed by atoms with Crippen molar-refractivity contribution in [3.8, 4) is 0 Å². The zero-order valence-corrected chi connectivity index (χ0v) is 16.2. The van der Waals surface area contributed by atoms with Gasteiger partial charge in [0.15, 0.2) is 0 Å². The summed E-state index contributed by atoms with van der Waals surface area (Å²) in [6, 6.07) is 18.5. The standard InChI is InChI=1S/C22H17NO4S/c1-14-3-4-15(2)20(13-14)22(25)21(24)16-5-9-18(10-6-16)28-19-11-7-17(8-12-19)23(26)27/h3-13H,1-2H3. The number of carbonyl (C=O) groups excluding carboxylic acids is 2. The van der Waals surface area contributed by atoms with Crippen molar-refractivity contribution in [3.05, 3.63) is 99.1 Å². The predicted octanol–water partition coefficient (Wildman–Crippen LogP) is 5.43. The first-order valence-corrected chi connectivity index (χ1v) is 9.35. The van der Waals surface area contributed by atoms with E-state index >= 15 is 0 Å². The maximum atomic E-state index is 12.6. The van der Waals surface area contributed by atoms with Crippen LogP contribution >= 0.6 is 11.8 Å². The van der Waals surface area contributed by atoms with Gasteiger partial charge in [0.05, 0.1) is 4.92 Å². The fourth-order valence-electron chi connectivity index (χ4n) is 2.68. The van der Waals surface area contributed by atoms with Crippen LogP contribution in [-0.4, -0.2) is 16.5 Å². The van der Waals surface area contributed by atoms with Crippen LogP contribution in [0.2, 0.25) is 0 Å². The summed E-state index contributed by atoms with van der Waals surface area (Å²) in [6.45, 7) is 3.69. The van der Waals surface area contributed by atoms with Crippen molar-refractivity contribution < 1.29 is 14.5 Å². The first-order valence-electron chi connectivity index (χ1n) is 8.54. The third-order valence-electron chi connectivity index (χ3n) is 4.24. The van der Waals surface area contributed by atoms with Crippen LogP contribution in [0.15, 0.2) is 76.5 Å². The van der Waals surface area contributed by atoms with Gasteiger partial charge >= 0.3 is 0 Å². The van der Waals surface area contributed by atoms with E-state index in [1.54, 1.807) is 42.5 Å². The van der Waals surface area contributed by atoms with E-state index in [1.807, 2.05) is 26.0 Å². The van der Waals surface area contributed by atoms with E-state index in [4.69, 9.17) is 0 Å². The SMILES string of the molecule is Cc1ccc(C)c(C(=O)C(=O)c2ccc(Sc3ccc([N+](=O)[O-])cc3)cc2)c1. The first-order chi connectivity index (χ1) is 13.3. The number of nitro benzene ring substituents is 1. The lowest BCUT2D eigenvalue weighted by Gasteiger charge is -2.07. The van der Waals surface area contributed by atoms with Crippen LogP contribution in [0.4, 0.5) is 5.69 Å². The number of aryl methyl sites for hydroxylation is 2. The van der Waals surface area contributed by atoms with Crippen LogP contribution in [0.3, 0.4) is 0 Å². The Hall–Kier alpha value is -3.25. The molecule has 3 aromatic carbocycles. The van der Waals surface area contributed by atoms with Crippen molar-refractivity contribution in [3.63, 3.8) is 0 Å². The molecule has 0 spiro atoms. The summed E-state index contributed by atoms with van der Waals surface area (Å²) >= 11 is 1.42. The second kappa shape index (κ2) is 8.19. The molecule has 140 valence electrons. The number of nitro groups is 1. The largest absolute Gasteiger partial charge is 0.285 e. The lowest BCUT2D eigenvalue weighted by Crippen LogP contribution is -2.15. The number of nitrogens with zero attached hydrogens (tertiary/aromatic N) is 1. The highest BCUT2D eigenvalue weighted by Crippen LogP contribution is 2.29. The van der Waals surface area contributed by atoms with E-state index in [-0.39, 0.29) is 5.69 Å². The maximum Gasteiger partial charge on any atom is 0.269 e. The number of non-ortho nitro benzene ring substituents is 1. The van der Waals surface area contributed by atoms with Crippen molar-refractivity contribution in [2.75, 3.05) is 0 Å². The van der Waals surface area contributed by atoms with Crippen LogP contribution in [0, 0.1) is 24.0 Å². The normalized spacial score (nSPS) is 10.5. The van der Waals surface area contributed by atoms with Crippen molar-refractivity contribution in [2.24, 2.45) is 0 Å². The molecule has 0 fully saturated rings. The third-order valence-corrected chi connectivity index (χ3v) is 5.26. The summed E-state index contributed by atoms with van der Waals surface area (Å²) < 4.78 is 0. The Labute approximate surface area is 166 Å². The highest BCUT2D eigenvalue weighted by molar-refractivity contribution is 7.99. The molecule has 0 heterocycles. The quantitative estimate of drug-likeness (QED) is 0.242. The highest BCUT2D eigenvalue weighted by Gasteiger charge is 2.20. The molecule has 6 heteroatoms. The Morgan fingerprint density at radius 1 is 0.821 bits per heavy atom. The minimum atomic E-state index is -0.541. The summed E-state index contributed by atoms with van der Waals surface area (Å²) in [5.41, 5.74) is 2.49. The number of carbonyl (C=O) groups is 2. The van der Waals surface area contributed by atoms with Gasteiger partial charge in [-0.3, -0.25) is 19.7 Å². The topological polar surface area (TPSA) is 77.3 Å². The van der Waals surface area contributed by atoms with Crippen LogP contribution in [0.1, 0.15) is 31.8 Å². The number of benzene rings is 3. The van der Waals surface area contributed by atoms with Crippen LogP contribution in [-0.2, 0) is 0 Å². The van der Waals surface area contributed by atoms with Gasteiger partial charge in [-0.05, 0) is 61.9 Å². The molecule has 0 atom stereocenters. The molecule has 0 saturated heterocycles. The average Bonchev–Trinajstić information content (AvgIpc) is 2.69. The summed E-state index contributed by atoms with van der Waals surface area (Å²) in [7, 11) is 0. The summed E-state index contributed by atoms with van der Waals surface area (Å²) in [4.78, 5) is 37.1. The predicted molar refractivity (Wildman–Crippen MR) is 108 cm³/mol. The second-order valence-corrected chi connectivity index (χ2v) is 7.50. The van der Waals surface area contributed by atoms with Crippen molar-refractivity contribution in [1.29, 1.82) is 0 Å². The molecule has 0 aliphatic carbocycles. The zero-order chi connectivity index (χ0) is 20.3. The van der Waals surface area contributed by atoms with Crippen molar-refractivity contribution in [2.45, 2.75) is 23.6 Å². The third kappa shape index (κ3) is 4.35. The second-order valence-electron chi connectivity index (χ2n) is 6.35. The Morgan fingerprint density at radius 3 is 1.96 bits per heavy atom. The van der Waals surface area contributed by atoms with Gasteiger partial charge in [0.2, 0.25) is 11.6 Å². The van der Waals surface area contributed by atoms with Gasteiger partial charge < -0.3 is 0 Å². The number of Topliss-reactive ketones (excluding diaryl/α,β-unsaturated/α-hetero) is 2. The molecular formula is C22H17NO4S. The molecule has 0 N–H and O–H groups in total. The molecule has 0 saturated carbocycles. The van der Waals surface area contributed by atoms with Gasteiger partial charge in [-0.15, -0.1) is 0 Å². The van der Waals surface area contributed by atoms with Crippen molar-refractivity contribution in [1.82, 2.24) is 0 Å². The van der Waals surface area contributed by atoms with Gasteiger partial charge in [-0.2, -0.15) is 0 Å². The van der Waals surface area contributed by atoms with E-state index < -0.39 is 16.5 Å². The zero-order valence-electron chi connectivity index (χ0n) is 15.3. The van der Waals surface area contributed by atoms with E-state index in [0.29, 0.717) is 11.1 Å². The monoisotopic (exact) mass is 391 g/mol. The van der Waals surface area contributed by atoms with Gasteiger partial charge in [-0.25, -0.2) is 0 Å². The molecule has 0 unspecified atom stereocenters. The molecular weight excluding hydrogens is 374 g/mol. The Morgan fingerprint density at radius 2 is 1.39 bits per heavy atom. The summed E-state index contributed by atoms with van der Waals surface area (Å²) in [5, 5.41) is 10.7. The van der Waals surface area contributed by atoms with E-state index in [2.05, 4.69) is 0 Å². The number of hydrogen-bond donors (Lipinski definition) is 0. The lowest BCUT2D eigenvalue weighted by molar-refractivity contribution is -0.384. The van der Waals surface area contributed by atoms with Crippen molar-refractivity contribution >= 4 is 29.0 Å². The van der Waals surface area contributed by atoms with Gasteiger partial charge in [0, 0.05) is 33.1 Å². The van der Waals surface area contributed by atoms with Crippen LogP contribution < -0.4 is 0 Å². The molecule has 28 heavy (non-hydrogen) atoms. The molecule has 3 rings (SSSR count). The fourth-order valence-corrected chi connectivity index (χ4v) is 3.50. The Balaban J connectivity index is 1.74. The molecule has 5 nitrogen and oxygen atoms in total. The molecule has 0 amide bonds. The first kappa shape index (κ1) is 19.5. The van der Waals surface area contributed by atoms with Gasteiger partial charge in [-0.1, -0.05) is 29.5 Å². The number of ketones is 2. The smallest absolute Gasteiger partial charge is 0.269 e. The Bertz CT molecular complexity index is 1060. The van der Waals surface area contributed by atoms with Crippen LogP contribution in [0.25, 0.3) is 0 Å². The van der Waals surface area contributed by atoms with E-state index in [1.165, 1.54) is 23.9 Å². The maximum absolute atomic E-state index is 12.6. The summed E-state index contributed by atoms with van der Waals surface area (Å²) in [6.07, 6.45) is 0. The Kier molecular flexibility index (Phi) is 5.70. The minimum absolute atomic E-state index is 0.0373. The molecule has 0 aliphatic heterocycles. The van der Waals surface area contributed by atoms with Gasteiger partial charge in [0.25, 0.3) is 5.69 Å². The summed E-state index contributed by atoms with van der Waals surface area (Å²) in [5.74, 6) is -1.06.